The Bertz CT molecular complexity index is 392. The number of aliphatic hydroxyl groups excluding tert-OH is 1. The first-order valence-corrected chi connectivity index (χ1v) is 8.14. The van der Waals surface area contributed by atoms with E-state index in [1.807, 2.05) is 24.3 Å². The second-order valence-corrected chi connectivity index (χ2v) is 6.85. The van der Waals surface area contributed by atoms with Crippen molar-refractivity contribution < 1.29 is 5.11 Å². The highest BCUT2D eigenvalue weighted by Crippen LogP contribution is 2.18. The first-order chi connectivity index (χ1) is 9.88. The van der Waals surface area contributed by atoms with Crippen LogP contribution in [-0.4, -0.2) is 29.6 Å². The number of nitrogen functional groups attached to an aromatic ring is 1. The zero-order chi connectivity index (χ0) is 15.8. The second-order valence-electron chi connectivity index (χ2n) is 6.85. The van der Waals surface area contributed by atoms with E-state index in [0.717, 1.165) is 18.7 Å². The zero-order valence-corrected chi connectivity index (χ0v) is 14.0. The first-order valence-electron chi connectivity index (χ1n) is 8.14. The third-order valence-electron chi connectivity index (χ3n) is 3.77. The molecule has 0 aliphatic carbocycles. The molecular weight excluding hydrogens is 260 g/mol. The molecule has 0 saturated heterocycles. The lowest BCUT2D eigenvalue weighted by Gasteiger charge is -2.26. The Balaban J connectivity index is 2.60. The molecule has 3 N–H and O–H groups in total. The molecule has 0 bridgehead atoms. The maximum absolute atomic E-state index is 10.4. The van der Waals surface area contributed by atoms with Gasteiger partial charge in [-0.25, -0.2) is 0 Å². The Morgan fingerprint density at radius 2 is 1.62 bits per heavy atom. The van der Waals surface area contributed by atoms with Crippen LogP contribution in [-0.2, 0) is 0 Å². The van der Waals surface area contributed by atoms with Gasteiger partial charge in [0, 0.05) is 12.2 Å². The molecule has 0 saturated carbocycles. The zero-order valence-electron chi connectivity index (χ0n) is 14.0. The van der Waals surface area contributed by atoms with Gasteiger partial charge in [0.05, 0.1) is 6.10 Å². The minimum Gasteiger partial charge on any atom is -0.399 e. The number of hydrogen-bond donors (Lipinski definition) is 2. The van der Waals surface area contributed by atoms with Crippen LogP contribution < -0.4 is 5.73 Å². The summed E-state index contributed by atoms with van der Waals surface area (Å²) in [4.78, 5) is 2.38. The lowest BCUT2D eigenvalue weighted by Crippen LogP contribution is -2.32. The van der Waals surface area contributed by atoms with E-state index in [4.69, 9.17) is 5.73 Å². The van der Waals surface area contributed by atoms with Gasteiger partial charge in [-0.1, -0.05) is 39.8 Å². The molecule has 0 amide bonds. The van der Waals surface area contributed by atoms with Crippen molar-refractivity contribution in [3.8, 4) is 0 Å². The van der Waals surface area contributed by atoms with Crippen LogP contribution in [0, 0.1) is 11.8 Å². The summed E-state index contributed by atoms with van der Waals surface area (Å²) >= 11 is 0. The maximum Gasteiger partial charge on any atom is 0.0917 e. The van der Waals surface area contributed by atoms with Gasteiger partial charge in [-0.3, -0.25) is 0 Å². The predicted octanol–water partition coefficient (Wildman–Crippen LogP) is 3.70. The van der Waals surface area contributed by atoms with E-state index in [-0.39, 0.29) is 0 Å². The van der Waals surface area contributed by atoms with Crippen LogP contribution >= 0.6 is 0 Å². The summed E-state index contributed by atoms with van der Waals surface area (Å²) in [6.45, 7) is 11.8. The molecular formula is C18H32N2O. The highest BCUT2D eigenvalue weighted by atomic mass is 16.3. The van der Waals surface area contributed by atoms with Gasteiger partial charge in [0.25, 0.3) is 0 Å². The van der Waals surface area contributed by atoms with Gasteiger partial charge in [-0.15, -0.1) is 0 Å². The van der Waals surface area contributed by atoms with Crippen LogP contribution in [0.25, 0.3) is 0 Å². The summed E-state index contributed by atoms with van der Waals surface area (Å²) in [7, 11) is 0. The average Bonchev–Trinajstić information content (AvgIpc) is 2.41. The first kappa shape index (κ1) is 18.0. The van der Waals surface area contributed by atoms with Crippen molar-refractivity contribution >= 4 is 5.69 Å². The van der Waals surface area contributed by atoms with Gasteiger partial charge < -0.3 is 15.7 Å². The molecule has 1 aromatic carbocycles. The molecule has 1 unspecified atom stereocenters. The fourth-order valence-electron chi connectivity index (χ4n) is 2.29. The molecule has 0 radical (unpaired) electrons. The van der Waals surface area contributed by atoms with E-state index in [1.165, 1.54) is 12.8 Å². The fourth-order valence-corrected chi connectivity index (χ4v) is 2.29. The predicted molar refractivity (Wildman–Crippen MR) is 91.2 cm³/mol. The minimum absolute atomic E-state index is 0.465. The quantitative estimate of drug-likeness (QED) is 0.682. The number of anilines is 1. The lowest BCUT2D eigenvalue weighted by atomic mass is 10.1. The Kier molecular flexibility index (Phi) is 7.76. The molecule has 1 aromatic rings. The van der Waals surface area contributed by atoms with Gasteiger partial charge in [-0.2, -0.15) is 0 Å². The van der Waals surface area contributed by atoms with Crippen molar-refractivity contribution in [1.29, 1.82) is 0 Å². The highest BCUT2D eigenvalue weighted by molar-refractivity contribution is 5.41. The number of nitrogens with two attached hydrogens (primary N) is 1. The van der Waals surface area contributed by atoms with Gasteiger partial charge in [0.2, 0.25) is 0 Å². The summed E-state index contributed by atoms with van der Waals surface area (Å²) in [5, 5.41) is 10.4. The molecule has 3 heteroatoms. The van der Waals surface area contributed by atoms with E-state index in [2.05, 4.69) is 32.6 Å². The Morgan fingerprint density at radius 1 is 1.05 bits per heavy atom. The maximum atomic E-state index is 10.4. The van der Waals surface area contributed by atoms with E-state index >= 15 is 0 Å². The summed E-state index contributed by atoms with van der Waals surface area (Å²) in [5.74, 6) is 1.38. The minimum atomic E-state index is -0.465. The summed E-state index contributed by atoms with van der Waals surface area (Å²) in [6, 6.07) is 7.57. The van der Waals surface area contributed by atoms with Crippen molar-refractivity contribution in [2.75, 3.05) is 25.4 Å². The van der Waals surface area contributed by atoms with Crippen LogP contribution in [0.2, 0.25) is 0 Å². The van der Waals surface area contributed by atoms with Gasteiger partial charge in [0.1, 0.15) is 0 Å². The van der Waals surface area contributed by atoms with Crippen molar-refractivity contribution in [3.63, 3.8) is 0 Å². The van der Waals surface area contributed by atoms with Crippen LogP contribution in [0.3, 0.4) is 0 Å². The second kappa shape index (κ2) is 9.06. The Morgan fingerprint density at radius 3 is 2.10 bits per heavy atom. The summed E-state index contributed by atoms with van der Waals surface area (Å²) in [6.07, 6.45) is 1.87. The molecule has 3 nitrogen and oxygen atoms in total. The van der Waals surface area contributed by atoms with Gasteiger partial charge in [0.15, 0.2) is 0 Å². The van der Waals surface area contributed by atoms with Crippen molar-refractivity contribution in [2.24, 2.45) is 11.8 Å². The summed E-state index contributed by atoms with van der Waals surface area (Å²) in [5.41, 5.74) is 7.42. The third-order valence-corrected chi connectivity index (χ3v) is 3.77. The number of benzene rings is 1. The number of rotatable bonds is 9. The van der Waals surface area contributed by atoms with Crippen LogP contribution in [0.5, 0.6) is 0 Å². The van der Waals surface area contributed by atoms with Crippen molar-refractivity contribution in [1.82, 2.24) is 4.90 Å². The Hall–Kier alpha value is -1.06. The largest absolute Gasteiger partial charge is 0.399 e. The number of nitrogens with zero attached hydrogens (tertiary/aromatic N) is 1. The van der Waals surface area contributed by atoms with E-state index in [0.29, 0.717) is 24.1 Å². The van der Waals surface area contributed by atoms with Gasteiger partial charge in [-0.05, 0) is 55.5 Å². The van der Waals surface area contributed by atoms with E-state index < -0.39 is 6.10 Å². The smallest absolute Gasteiger partial charge is 0.0917 e. The molecule has 0 spiro atoms. The molecule has 0 aliphatic rings. The molecule has 120 valence electrons. The normalized spacial score (nSPS) is 13.3. The Labute approximate surface area is 130 Å². The topological polar surface area (TPSA) is 49.5 Å². The highest BCUT2D eigenvalue weighted by Gasteiger charge is 2.14. The van der Waals surface area contributed by atoms with E-state index in [9.17, 15) is 5.11 Å². The molecule has 1 atom stereocenters. The number of hydrogen-bond acceptors (Lipinski definition) is 3. The lowest BCUT2D eigenvalue weighted by molar-refractivity contribution is 0.107. The molecule has 21 heavy (non-hydrogen) atoms. The molecule has 0 heterocycles. The monoisotopic (exact) mass is 292 g/mol. The molecule has 1 rings (SSSR count). The summed E-state index contributed by atoms with van der Waals surface area (Å²) < 4.78 is 0. The van der Waals surface area contributed by atoms with E-state index in [1.54, 1.807) is 0 Å². The molecule has 0 aromatic heterocycles. The van der Waals surface area contributed by atoms with Crippen LogP contribution in [0.15, 0.2) is 24.3 Å². The van der Waals surface area contributed by atoms with Crippen LogP contribution in [0.4, 0.5) is 5.69 Å². The van der Waals surface area contributed by atoms with Crippen LogP contribution in [0.1, 0.15) is 52.2 Å². The molecule has 0 fully saturated rings. The van der Waals surface area contributed by atoms with Gasteiger partial charge >= 0.3 is 0 Å². The van der Waals surface area contributed by atoms with Crippen molar-refractivity contribution in [3.05, 3.63) is 29.8 Å². The number of aliphatic hydroxyl groups is 1. The molecule has 0 aliphatic heterocycles. The standard InChI is InChI=1S/C18H32N2O/c1-14(2)8-10-20(11-9-15(3)4)13-18(21)16-6-5-7-17(19)12-16/h5-7,12,14-15,18,21H,8-11,13,19H2,1-4H3. The average molecular weight is 292 g/mol. The third kappa shape index (κ3) is 7.49. The SMILES string of the molecule is CC(C)CCN(CCC(C)C)CC(O)c1cccc(N)c1. The fraction of sp³-hybridized carbons (Fsp3) is 0.667. The van der Waals surface area contributed by atoms with Crippen molar-refractivity contribution in [2.45, 2.75) is 46.6 Å².